The van der Waals surface area contributed by atoms with E-state index in [1.807, 2.05) is 18.2 Å². The minimum atomic E-state index is -5.00. The van der Waals surface area contributed by atoms with Crippen molar-refractivity contribution < 1.29 is 80.2 Å². The molecule has 0 saturated heterocycles. The summed E-state index contributed by atoms with van der Waals surface area (Å²) in [5.41, 5.74) is 0. The van der Waals surface area contributed by atoms with Gasteiger partial charge in [-0.15, -0.1) is 0 Å². The molecule has 5 atom stereocenters. The normalized spacial score (nSPS) is 14.6. The minimum absolute atomic E-state index is 0.0709. The van der Waals surface area contributed by atoms with Gasteiger partial charge in [-0.1, -0.05) is 296 Å². The van der Waals surface area contributed by atoms with Gasteiger partial charge in [0.25, 0.3) is 0 Å². The third-order valence-electron chi connectivity index (χ3n) is 16.1. The molecule has 0 aliphatic carbocycles. The van der Waals surface area contributed by atoms with Gasteiger partial charge >= 0.3 is 39.5 Å². The lowest BCUT2D eigenvalue weighted by Crippen LogP contribution is -2.30. The lowest BCUT2D eigenvalue weighted by atomic mass is 10.0. The molecule has 17 nitrogen and oxygen atoms in total. The molecule has 0 rings (SSSR count). The summed E-state index contributed by atoms with van der Waals surface area (Å²) in [6.45, 7) is 4.49. The quantitative estimate of drug-likeness (QED) is 0.0169. The van der Waals surface area contributed by atoms with Gasteiger partial charge in [0.2, 0.25) is 0 Å². The van der Waals surface area contributed by atoms with Crippen molar-refractivity contribution in [1.82, 2.24) is 0 Å². The Balaban J connectivity index is 5.42. The topological polar surface area (TPSA) is 237 Å². The molecular weight excluding hydrogens is 1330 g/mol. The van der Waals surface area contributed by atoms with E-state index in [2.05, 4.69) is 137 Å². The molecule has 0 aliphatic rings. The van der Waals surface area contributed by atoms with Gasteiger partial charge in [-0.2, -0.15) is 0 Å². The molecule has 0 bridgehead atoms. The Morgan fingerprint density at radius 3 is 0.892 bits per heavy atom. The highest BCUT2D eigenvalue weighted by Crippen LogP contribution is 2.45. The van der Waals surface area contributed by atoms with Gasteiger partial charge in [0.05, 0.1) is 32.8 Å². The van der Waals surface area contributed by atoms with E-state index in [0.717, 1.165) is 161 Å². The van der Waals surface area contributed by atoms with Crippen LogP contribution >= 0.6 is 15.6 Å². The lowest BCUT2D eigenvalue weighted by Gasteiger charge is -2.21. The van der Waals surface area contributed by atoms with E-state index in [4.69, 9.17) is 37.0 Å². The first kappa shape index (κ1) is 97.2. The molecule has 0 fully saturated rings. The number of carbonyl (C=O) groups excluding carboxylic acids is 4. The Labute approximate surface area is 618 Å². The number of hydrogen-bond donors (Lipinski definition) is 3. The van der Waals surface area contributed by atoms with Crippen LogP contribution in [0.15, 0.2) is 134 Å². The number of carbonyl (C=O) groups is 4. The summed E-state index contributed by atoms with van der Waals surface area (Å²) in [6.07, 6.45) is 83.2. The molecule has 5 unspecified atom stereocenters. The number of allylic oxidation sites excluding steroid dienone is 21. The number of ether oxygens (including phenoxy) is 4. The highest BCUT2D eigenvalue weighted by Gasteiger charge is 2.30. The summed E-state index contributed by atoms with van der Waals surface area (Å²) < 4.78 is 68.4. The van der Waals surface area contributed by atoms with E-state index < -0.39 is 97.5 Å². The molecule has 0 saturated carbocycles. The average molecular weight is 1470 g/mol. The number of rotatable bonds is 73. The predicted molar refractivity (Wildman–Crippen MR) is 418 cm³/mol. The van der Waals surface area contributed by atoms with Crippen molar-refractivity contribution in [2.45, 2.75) is 329 Å². The van der Waals surface area contributed by atoms with Gasteiger partial charge in [-0.25, -0.2) is 9.13 Å². The third kappa shape index (κ3) is 73.5. The maximum absolute atomic E-state index is 13.1. The van der Waals surface area contributed by atoms with Gasteiger partial charge in [0.15, 0.2) is 12.2 Å². The first-order valence-electron chi connectivity index (χ1n) is 39.4. The van der Waals surface area contributed by atoms with E-state index >= 15 is 0 Å². The van der Waals surface area contributed by atoms with Crippen molar-refractivity contribution >= 4 is 39.5 Å². The second-order valence-electron chi connectivity index (χ2n) is 25.9. The molecule has 0 aromatic carbocycles. The largest absolute Gasteiger partial charge is 0.472 e. The Morgan fingerprint density at radius 2 is 0.549 bits per heavy atom. The molecular formula is C83H140O17P2. The number of aliphatic hydroxyl groups is 1. The molecule has 0 aliphatic heterocycles. The van der Waals surface area contributed by atoms with Crippen LogP contribution < -0.4 is 0 Å². The van der Waals surface area contributed by atoms with E-state index in [0.29, 0.717) is 25.7 Å². The summed E-state index contributed by atoms with van der Waals surface area (Å²) in [5, 5.41) is 10.6. The molecule has 3 N–H and O–H groups in total. The minimum Gasteiger partial charge on any atom is -0.462 e. The second kappa shape index (κ2) is 74.5. The number of phosphoric acid groups is 2. The molecule has 0 aromatic heterocycles. The van der Waals surface area contributed by atoms with Crippen LogP contribution in [0.1, 0.15) is 310 Å². The Bertz CT molecular complexity index is 2460. The van der Waals surface area contributed by atoms with Crippen molar-refractivity contribution in [3.8, 4) is 0 Å². The molecule has 0 heterocycles. The lowest BCUT2D eigenvalue weighted by molar-refractivity contribution is -0.161. The summed E-state index contributed by atoms with van der Waals surface area (Å²) in [4.78, 5) is 72.9. The average Bonchev–Trinajstić information content (AvgIpc) is 0.909. The van der Waals surface area contributed by atoms with E-state index in [-0.39, 0.29) is 25.7 Å². The van der Waals surface area contributed by atoms with Crippen molar-refractivity contribution in [3.05, 3.63) is 134 Å². The molecule has 102 heavy (non-hydrogen) atoms. The SMILES string of the molecule is CC/C=C\C/C=C\C/C=C\C/C=C\C/C=C\CC(=O)OCC(COP(=O)(O)OCC(O)COP(=O)(O)OCC(COC(=O)CCCCCCCC/C=C\C/C=C\C/C=C\C/C=C\CC)OC(=O)CCCCCCC/C=C\C/C=C\CCCCC)OC(=O)CCCCCCCCCCCCCCC. The summed E-state index contributed by atoms with van der Waals surface area (Å²) in [7, 11) is -9.99. The first-order chi connectivity index (χ1) is 49.7. The summed E-state index contributed by atoms with van der Waals surface area (Å²) in [6, 6.07) is 0. The summed E-state index contributed by atoms with van der Waals surface area (Å²) in [5.74, 6) is -2.35. The van der Waals surface area contributed by atoms with Gasteiger partial charge in [0.1, 0.15) is 19.3 Å². The van der Waals surface area contributed by atoms with Gasteiger partial charge in [-0.05, 0) is 122 Å². The van der Waals surface area contributed by atoms with E-state index in [1.54, 1.807) is 6.08 Å². The fraction of sp³-hybridized carbons (Fsp3) is 0.687. The predicted octanol–water partition coefficient (Wildman–Crippen LogP) is 22.9. The molecule has 0 radical (unpaired) electrons. The van der Waals surface area contributed by atoms with Crippen molar-refractivity contribution in [2.75, 3.05) is 39.6 Å². The maximum Gasteiger partial charge on any atom is 0.472 e. The third-order valence-corrected chi connectivity index (χ3v) is 18.0. The van der Waals surface area contributed by atoms with Crippen LogP contribution in [0.5, 0.6) is 0 Å². The maximum atomic E-state index is 13.1. The van der Waals surface area contributed by atoms with Gasteiger partial charge < -0.3 is 33.8 Å². The monoisotopic (exact) mass is 1470 g/mol. The molecule has 0 amide bonds. The van der Waals surface area contributed by atoms with Crippen LogP contribution in [0.4, 0.5) is 0 Å². The van der Waals surface area contributed by atoms with Gasteiger partial charge in [-0.3, -0.25) is 37.3 Å². The molecule has 19 heteroatoms. The number of phosphoric ester groups is 2. The first-order valence-corrected chi connectivity index (χ1v) is 42.4. The molecule has 584 valence electrons. The van der Waals surface area contributed by atoms with E-state index in [9.17, 15) is 43.2 Å². The number of unbranched alkanes of at least 4 members (excludes halogenated alkanes) is 26. The van der Waals surface area contributed by atoms with Crippen LogP contribution in [0.3, 0.4) is 0 Å². The zero-order valence-corrected chi connectivity index (χ0v) is 65.5. The Hall–Kier alpha value is -4.80. The summed E-state index contributed by atoms with van der Waals surface area (Å²) >= 11 is 0. The standard InChI is InChI=1S/C83H140O17P2/c1-5-9-13-17-21-25-29-33-36-37-38-39-42-45-48-52-56-60-64-68-81(86)94-74-79(100-83(88)70-66-62-58-54-50-46-41-35-31-27-23-19-15-11-7-3)76-98-102(91,92)96-72-77(84)71-95-101(89,90)97-75-78(99-82(87)69-65-61-57-53-49-43-32-28-24-20-16-12-8-4)73-93-80(85)67-63-59-55-51-47-44-40-34-30-26-22-18-14-10-6-2/h9-10,13-14,21-23,25-27,33-36,38-41,47,51,59,63,77-79,84H,5-8,11-12,15-20,24,28-32,37,42-46,48-50,52-58,60-62,64-76H2,1-4H3,(H,89,90)(H,91,92)/b13-9-,14-10-,25-21-,26-22-,27-23-,36-33-,39-38-,40-34-,41-35-,51-47-,63-59-. The van der Waals surface area contributed by atoms with Crippen LogP contribution in [0, 0.1) is 0 Å². The zero-order valence-electron chi connectivity index (χ0n) is 63.7. The number of aliphatic hydroxyl groups excluding tert-OH is 1. The van der Waals surface area contributed by atoms with Gasteiger partial charge in [0, 0.05) is 19.3 Å². The van der Waals surface area contributed by atoms with Crippen LogP contribution in [-0.2, 0) is 65.4 Å². The fourth-order valence-electron chi connectivity index (χ4n) is 10.2. The van der Waals surface area contributed by atoms with E-state index in [1.165, 1.54) is 70.6 Å². The van der Waals surface area contributed by atoms with Crippen molar-refractivity contribution in [1.29, 1.82) is 0 Å². The number of hydrogen-bond acceptors (Lipinski definition) is 15. The molecule has 0 aromatic rings. The van der Waals surface area contributed by atoms with Crippen LogP contribution in [-0.4, -0.2) is 96.7 Å². The van der Waals surface area contributed by atoms with Crippen molar-refractivity contribution in [3.63, 3.8) is 0 Å². The highest BCUT2D eigenvalue weighted by molar-refractivity contribution is 7.47. The smallest absolute Gasteiger partial charge is 0.462 e. The van der Waals surface area contributed by atoms with Crippen LogP contribution in [0.2, 0.25) is 0 Å². The zero-order chi connectivity index (χ0) is 74.6. The fourth-order valence-corrected chi connectivity index (χ4v) is 11.8. The van der Waals surface area contributed by atoms with Crippen LogP contribution in [0.25, 0.3) is 0 Å². The highest BCUT2D eigenvalue weighted by atomic mass is 31.2. The van der Waals surface area contributed by atoms with Crippen molar-refractivity contribution in [2.24, 2.45) is 0 Å². The Kier molecular flexibility index (Phi) is 71.0. The molecule has 0 spiro atoms. The second-order valence-corrected chi connectivity index (χ2v) is 28.8. The Morgan fingerprint density at radius 1 is 0.294 bits per heavy atom. The number of esters is 4.